The standard InChI is InChI=1S/C10H18FNO3/c1-10(2,3)15-9(13)12-8-4-5-14-6-7(8)11/h7-8H,4-6H2,1-3H3,(H,12,13). The lowest BCUT2D eigenvalue weighted by molar-refractivity contribution is 0.00489. The van der Waals surface area contributed by atoms with Crippen LogP contribution in [0, 0.1) is 0 Å². The number of carbonyl (C=O) groups excluding carboxylic acids is 1. The van der Waals surface area contributed by atoms with Crippen molar-refractivity contribution in [3.05, 3.63) is 0 Å². The average Bonchev–Trinajstić information content (AvgIpc) is 2.05. The molecular formula is C10H18FNO3. The molecule has 1 N–H and O–H groups in total. The molecule has 1 aliphatic heterocycles. The predicted octanol–water partition coefficient (Wildman–Crippen LogP) is 1.64. The van der Waals surface area contributed by atoms with Crippen molar-refractivity contribution in [2.75, 3.05) is 13.2 Å². The minimum atomic E-state index is -1.15. The number of rotatable bonds is 1. The van der Waals surface area contributed by atoms with Crippen LogP contribution in [0.25, 0.3) is 0 Å². The molecule has 0 aromatic carbocycles. The van der Waals surface area contributed by atoms with E-state index in [2.05, 4.69) is 5.32 Å². The summed E-state index contributed by atoms with van der Waals surface area (Å²) in [6.45, 7) is 5.82. The van der Waals surface area contributed by atoms with Crippen LogP contribution < -0.4 is 5.32 Å². The van der Waals surface area contributed by atoms with E-state index in [4.69, 9.17) is 9.47 Å². The van der Waals surface area contributed by atoms with Gasteiger partial charge in [0, 0.05) is 6.61 Å². The lowest BCUT2D eigenvalue weighted by Gasteiger charge is -2.28. The molecule has 15 heavy (non-hydrogen) atoms. The van der Waals surface area contributed by atoms with Gasteiger partial charge in [0.05, 0.1) is 12.6 Å². The lowest BCUT2D eigenvalue weighted by atomic mass is 10.1. The predicted molar refractivity (Wildman–Crippen MR) is 53.5 cm³/mol. The van der Waals surface area contributed by atoms with Crippen molar-refractivity contribution in [1.82, 2.24) is 5.32 Å². The summed E-state index contributed by atoms with van der Waals surface area (Å²) in [7, 11) is 0. The molecule has 0 aromatic rings. The second-order valence-electron chi connectivity index (χ2n) is 4.63. The molecule has 4 nitrogen and oxygen atoms in total. The molecule has 0 spiro atoms. The summed E-state index contributed by atoms with van der Waals surface area (Å²) in [5.41, 5.74) is -0.555. The Hall–Kier alpha value is -0.840. The quantitative estimate of drug-likeness (QED) is 0.729. The summed E-state index contributed by atoms with van der Waals surface area (Å²) in [5, 5.41) is 2.51. The van der Waals surface area contributed by atoms with Crippen LogP contribution in [0.4, 0.5) is 9.18 Å². The highest BCUT2D eigenvalue weighted by atomic mass is 19.1. The Morgan fingerprint density at radius 3 is 2.73 bits per heavy atom. The molecule has 1 amide bonds. The van der Waals surface area contributed by atoms with Crippen molar-refractivity contribution in [2.45, 2.75) is 45.0 Å². The summed E-state index contributed by atoms with van der Waals surface area (Å²) >= 11 is 0. The van der Waals surface area contributed by atoms with E-state index >= 15 is 0 Å². The number of carbonyl (C=O) groups is 1. The zero-order chi connectivity index (χ0) is 11.5. The molecule has 5 heteroatoms. The highest BCUT2D eigenvalue weighted by Gasteiger charge is 2.28. The van der Waals surface area contributed by atoms with E-state index in [-0.39, 0.29) is 6.61 Å². The van der Waals surface area contributed by atoms with Crippen LogP contribution in [0.5, 0.6) is 0 Å². The maximum atomic E-state index is 13.2. The second-order valence-corrected chi connectivity index (χ2v) is 4.63. The van der Waals surface area contributed by atoms with Gasteiger partial charge in [0.15, 0.2) is 0 Å². The first kappa shape index (κ1) is 12.2. The van der Waals surface area contributed by atoms with Crippen LogP contribution in [-0.4, -0.2) is 37.1 Å². The van der Waals surface area contributed by atoms with E-state index in [1.807, 2.05) is 0 Å². The maximum absolute atomic E-state index is 13.2. The Labute approximate surface area is 89.1 Å². The normalized spacial score (nSPS) is 27.2. The Balaban J connectivity index is 2.36. The zero-order valence-electron chi connectivity index (χ0n) is 9.38. The highest BCUT2D eigenvalue weighted by Crippen LogP contribution is 2.12. The van der Waals surface area contributed by atoms with Gasteiger partial charge in [0.1, 0.15) is 11.8 Å². The van der Waals surface area contributed by atoms with Gasteiger partial charge in [-0.15, -0.1) is 0 Å². The molecule has 0 aromatic heterocycles. The number of alkyl halides is 1. The summed E-state index contributed by atoms with van der Waals surface area (Å²) in [6.07, 6.45) is -1.23. The van der Waals surface area contributed by atoms with Crippen LogP contribution >= 0.6 is 0 Å². The van der Waals surface area contributed by atoms with E-state index in [1.54, 1.807) is 20.8 Å². The van der Waals surface area contributed by atoms with Gasteiger partial charge in [0.25, 0.3) is 0 Å². The fourth-order valence-electron chi connectivity index (χ4n) is 1.32. The Bertz CT molecular complexity index is 227. The molecule has 2 atom stereocenters. The van der Waals surface area contributed by atoms with Crippen LogP contribution in [0.1, 0.15) is 27.2 Å². The van der Waals surface area contributed by atoms with Crippen LogP contribution in [0.15, 0.2) is 0 Å². The van der Waals surface area contributed by atoms with E-state index in [9.17, 15) is 9.18 Å². The fourth-order valence-corrected chi connectivity index (χ4v) is 1.32. The molecule has 1 saturated heterocycles. The van der Waals surface area contributed by atoms with E-state index in [0.29, 0.717) is 13.0 Å². The number of hydrogen-bond acceptors (Lipinski definition) is 3. The van der Waals surface area contributed by atoms with Gasteiger partial charge >= 0.3 is 6.09 Å². The maximum Gasteiger partial charge on any atom is 0.407 e. The summed E-state index contributed by atoms with van der Waals surface area (Å²) in [5.74, 6) is 0. The van der Waals surface area contributed by atoms with Gasteiger partial charge < -0.3 is 14.8 Å². The molecule has 1 aliphatic rings. The van der Waals surface area contributed by atoms with Gasteiger partial charge in [-0.3, -0.25) is 0 Å². The number of nitrogens with one attached hydrogen (secondary N) is 1. The van der Waals surface area contributed by atoms with E-state index in [0.717, 1.165) is 0 Å². The molecule has 2 unspecified atom stereocenters. The van der Waals surface area contributed by atoms with Crippen molar-refractivity contribution in [2.24, 2.45) is 0 Å². The van der Waals surface area contributed by atoms with Gasteiger partial charge in [-0.1, -0.05) is 0 Å². The number of alkyl carbamates (subject to hydrolysis) is 1. The highest BCUT2D eigenvalue weighted by molar-refractivity contribution is 5.68. The van der Waals surface area contributed by atoms with Gasteiger partial charge in [0.2, 0.25) is 0 Å². The van der Waals surface area contributed by atoms with Crippen LogP contribution in [-0.2, 0) is 9.47 Å². The Morgan fingerprint density at radius 2 is 2.20 bits per heavy atom. The minimum Gasteiger partial charge on any atom is -0.444 e. The topological polar surface area (TPSA) is 47.6 Å². The fraction of sp³-hybridized carbons (Fsp3) is 0.900. The second kappa shape index (κ2) is 4.79. The van der Waals surface area contributed by atoms with Crippen LogP contribution in [0.3, 0.4) is 0 Å². The molecule has 88 valence electrons. The molecule has 0 radical (unpaired) electrons. The number of amides is 1. The molecule has 1 fully saturated rings. The van der Waals surface area contributed by atoms with Gasteiger partial charge in [-0.05, 0) is 27.2 Å². The van der Waals surface area contributed by atoms with Gasteiger partial charge in [-0.2, -0.15) is 0 Å². The van der Waals surface area contributed by atoms with Gasteiger partial charge in [-0.25, -0.2) is 9.18 Å². The van der Waals surface area contributed by atoms with Crippen LogP contribution in [0.2, 0.25) is 0 Å². The molecular weight excluding hydrogens is 201 g/mol. The number of hydrogen-bond donors (Lipinski definition) is 1. The third kappa shape index (κ3) is 4.46. The van der Waals surface area contributed by atoms with Crippen molar-refractivity contribution in [3.63, 3.8) is 0 Å². The first-order valence-corrected chi connectivity index (χ1v) is 5.10. The molecule has 0 saturated carbocycles. The van der Waals surface area contributed by atoms with Crippen molar-refractivity contribution >= 4 is 6.09 Å². The largest absolute Gasteiger partial charge is 0.444 e. The first-order valence-electron chi connectivity index (χ1n) is 5.10. The van der Waals surface area contributed by atoms with Crippen molar-refractivity contribution in [3.8, 4) is 0 Å². The lowest BCUT2D eigenvalue weighted by Crippen LogP contribution is -2.48. The average molecular weight is 219 g/mol. The zero-order valence-corrected chi connectivity index (χ0v) is 9.38. The minimum absolute atomic E-state index is 0.0421. The molecule has 1 heterocycles. The third-order valence-electron chi connectivity index (χ3n) is 1.99. The van der Waals surface area contributed by atoms with Crippen molar-refractivity contribution < 1.29 is 18.7 Å². The summed E-state index contributed by atoms with van der Waals surface area (Å²) < 4.78 is 23.2. The number of halogens is 1. The monoisotopic (exact) mass is 219 g/mol. The third-order valence-corrected chi connectivity index (χ3v) is 1.99. The van der Waals surface area contributed by atoms with E-state index < -0.39 is 23.9 Å². The smallest absolute Gasteiger partial charge is 0.407 e. The molecule has 0 bridgehead atoms. The van der Waals surface area contributed by atoms with Crippen molar-refractivity contribution in [1.29, 1.82) is 0 Å². The Kier molecular flexibility index (Phi) is 3.90. The first-order chi connectivity index (χ1) is 6.88. The number of ether oxygens (including phenoxy) is 2. The Morgan fingerprint density at radius 1 is 1.53 bits per heavy atom. The molecule has 1 rings (SSSR count). The molecule has 0 aliphatic carbocycles. The van der Waals surface area contributed by atoms with E-state index in [1.165, 1.54) is 0 Å². The summed E-state index contributed by atoms with van der Waals surface area (Å²) in [4.78, 5) is 11.3. The SMILES string of the molecule is CC(C)(C)OC(=O)NC1CCOCC1F. The summed E-state index contributed by atoms with van der Waals surface area (Å²) in [6, 6.07) is -0.492.